The Balaban J connectivity index is 0. The molecule has 7 heteroatoms. The molecule has 0 aliphatic rings. The van der Waals surface area contributed by atoms with Crippen molar-refractivity contribution in [2.24, 2.45) is 0 Å². The Kier molecular flexibility index (Phi) is 3710. The Hall–Kier alpha value is 1.58. The van der Waals surface area contributed by atoms with E-state index in [0.717, 1.165) is 0 Å². The van der Waals surface area contributed by atoms with E-state index in [0.29, 0.717) is 0 Å². The third kappa shape index (κ3) is 94.5. The summed E-state index contributed by atoms with van der Waals surface area (Å²) in [6.45, 7) is 0. The van der Waals surface area contributed by atoms with Crippen molar-refractivity contribution in [2.75, 3.05) is 0 Å². The van der Waals surface area contributed by atoms with Gasteiger partial charge in [0.05, 0.1) is 0 Å². The van der Waals surface area contributed by atoms with Crippen molar-refractivity contribution in [3.8, 4) is 0 Å². The Morgan fingerprint density at radius 1 is 0.571 bits per heavy atom. The van der Waals surface area contributed by atoms with Crippen LogP contribution >= 0.6 is 0 Å². The zero-order valence-electron chi connectivity index (χ0n) is 2.82. The summed E-state index contributed by atoms with van der Waals surface area (Å²) in [4.78, 5) is 0. The maximum Gasteiger partial charge on any atom is 0.187 e. The molecule has 0 amide bonds. The van der Waals surface area contributed by atoms with Crippen LogP contribution in [-0.4, -0.2) is 39.3 Å². The van der Waals surface area contributed by atoms with Crippen LogP contribution in [0, 0.1) is 0 Å². The molecular formula is H11AlNiO4Ti. The van der Waals surface area contributed by atoms with Gasteiger partial charge in [0.15, 0.2) is 17.4 Å². The summed E-state index contributed by atoms with van der Waals surface area (Å²) in [5, 5.41) is 0. The summed E-state index contributed by atoms with van der Waals surface area (Å²) in [6, 6.07) is 0. The SMILES string of the molecule is O.O.O.O.[AlH3].[Ni].[Ti]. The maximum absolute atomic E-state index is 0. The molecule has 0 aromatic carbocycles. The molecule has 0 heterocycles. The average Bonchev–Trinajstić information content (AvgIpc) is 0. The van der Waals surface area contributed by atoms with Gasteiger partial charge in [-0.1, -0.05) is 0 Å². The van der Waals surface area contributed by atoms with Crippen molar-refractivity contribution in [3.63, 3.8) is 0 Å². The molecule has 0 bridgehead atoms. The van der Waals surface area contributed by atoms with Gasteiger partial charge in [-0.15, -0.1) is 0 Å². The molecule has 0 unspecified atom stereocenters. The molecule has 8 N–H and O–H groups in total. The van der Waals surface area contributed by atoms with E-state index in [9.17, 15) is 0 Å². The summed E-state index contributed by atoms with van der Waals surface area (Å²) < 4.78 is 0. The van der Waals surface area contributed by atoms with Crippen LogP contribution in [0.1, 0.15) is 0 Å². The molecule has 0 saturated carbocycles. The second kappa shape index (κ2) is 131. The van der Waals surface area contributed by atoms with Gasteiger partial charge >= 0.3 is 0 Å². The molecule has 4 nitrogen and oxygen atoms in total. The van der Waals surface area contributed by atoms with Crippen molar-refractivity contribution in [1.29, 1.82) is 0 Å². The van der Waals surface area contributed by atoms with Gasteiger partial charge < -0.3 is 21.9 Å². The van der Waals surface area contributed by atoms with E-state index in [4.69, 9.17) is 0 Å². The Morgan fingerprint density at radius 2 is 0.571 bits per heavy atom. The summed E-state index contributed by atoms with van der Waals surface area (Å²) in [6.07, 6.45) is 0. The van der Waals surface area contributed by atoms with Crippen molar-refractivity contribution < 1.29 is 60.1 Å². The number of rotatable bonds is 0. The van der Waals surface area contributed by atoms with Gasteiger partial charge in [0, 0.05) is 38.2 Å². The van der Waals surface area contributed by atoms with Crippen LogP contribution in [0.15, 0.2) is 0 Å². The van der Waals surface area contributed by atoms with Crippen LogP contribution in [0.5, 0.6) is 0 Å². The second-order valence-corrected chi connectivity index (χ2v) is 0. The minimum absolute atomic E-state index is 0. The Labute approximate surface area is 77.2 Å². The summed E-state index contributed by atoms with van der Waals surface area (Å²) in [5.74, 6) is 0. The molecule has 0 rings (SSSR count). The van der Waals surface area contributed by atoms with Gasteiger partial charge in [0.2, 0.25) is 0 Å². The standard InChI is InChI=1S/Al.Ni.4H2O.Ti.3H/h;;4*1H2;;;;. The minimum atomic E-state index is 0. The molecule has 52 valence electrons. The molecule has 0 aromatic heterocycles. The van der Waals surface area contributed by atoms with Gasteiger partial charge in [-0.25, -0.2) is 0 Å². The fourth-order valence-corrected chi connectivity index (χ4v) is 0. The molecule has 0 aromatic rings. The third-order valence-corrected chi connectivity index (χ3v) is 0. The van der Waals surface area contributed by atoms with Crippen LogP contribution in [0.2, 0.25) is 0 Å². The summed E-state index contributed by atoms with van der Waals surface area (Å²) in [5.41, 5.74) is 0. The molecule has 0 fully saturated rings. The fourth-order valence-electron chi connectivity index (χ4n) is 0. The van der Waals surface area contributed by atoms with Crippen LogP contribution in [0.4, 0.5) is 0 Å². The normalized spacial score (nSPS) is 0. The molecular weight excluding hydrogens is 198 g/mol. The zero-order chi connectivity index (χ0) is 0. The van der Waals surface area contributed by atoms with E-state index in [-0.39, 0.29) is 77.5 Å². The van der Waals surface area contributed by atoms with Crippen LogP contribution in [0.25, 0.3) is 0 Å². The first-order valence-corrected chi connectivity index (χ1v) is 0. The first kappa shape index (κ1) is 197. The van der Waals surface area contributed by atoms with Gasteiger partial charge in [-0.3, -0.25) is 0 Å². The molecule has 0 spiro atoms. The van der Waals surface area contributed by atoms with Gasteiger partial charge in [-0.2, -0.15) is 0 Å². The molecule has 0 aliphatic carbocycles. The Morgan fingerprint density at radius 3 is 0.571 bits per heavy atom. The van der Waals surface area contributed by atoms with Crippen molar-refractivity contribution in [1.82, 2.24) is 0 Å². The van der Waals surface area contributed by atoms with Crippen molar-refractivity contribution in [3.05, 3.63) is 0 Å². The quantitative estimate of drug-likeness (QED) is 0.356. The molecule has 0 atom stereocenters. The average molecular weight is 209 g/mol. The fraction of sp³-hybridized carbons (Fsp3) is 0. The zero-order valence-corrected chi connectivity index (χ0v) is 5.37. The molecule has 0 saturated heterocycles. The van der Waals surface area contributed by atoms with Gasteiger partial charge in [-0.05, 0) is 0 Å². The second-order valence-electron chi connectivity index (χ2n) is 0. The Bertz CT molecular complexity index is 11.7. The first-order chi connectivity index (χ1) is 0. The maximum atomic E-state index is 0. The third-order valence-electron chi connectivity index (χ3n) is 0. The minimum Gasteiger partial charge on any atom is -0.412 e. The first-order valence-electron chi connectivity index (χ1n) is 0. The number of hydrogen-bond acceptors (Lipinski definition) is 0. The van der Waals surface area contributed by atoms with E-state index in [2.05, 4.69) is 0 Å². The van der Waals surface area contributed by atoms with E-state index in [1.807, 2.05) is 0 Å². The van der Waals surface area contributed by atoms with E-state index in [1.165, 1.54) is 0 Å². The predicted molar refractivity (Wildman–Crippen MR) is 24.4 cm³/mol. The predicted octanol–water partition coefficient (Wildman–Crippen LogP) is -4.49. The molecule has 0 radical (unpaired) electrons. The summed E-state index contributed by atoms with van der Waals surface area (Å²) >= 11 is 0. The van der Waals surface area contributed by atoms with E-state index >= 15 is 0 Å². The van der Waals surface area contributed by atoms with E-state index < -0.39 is 0 Å². The van der Waals surface area contributed by atoms with Crippen LogP contribution in [-0.2, 0) is 38.2 Å². The van der Waals surface area contributed by atoms with Crippen LogP contribution in [0.3, 0.4) is 0 Å². The topological polar surface area (TPSA) is 126 Å². The van der Waals surface area contributed by atoms with Crippen molar-refractivity contribution in [2.45, 2.75) is 0 Å². The largest absolute Gasteiger partial charge is 0.412 e. The molecule has 0 aliphatic heterocycles. The smallest absolute Gasteiger partial charge is 0.187 e. The van der Waals surface area contributed by atoms with Gasteiger partial charge in [0.25, 0.3) is 0 Å². The van der Waals surface area contributed by atoms with Gasteiger partial charge in [0.1, 0.15) is 0 Å². The van der Waals surface area contributed by atoms with Crippen LogP contribution < -0.4 is 0 Å². The monoisotopic (exact) mass is 208 g/mol. The van der Waals surface area contributed by atoms with Crippen molar-refractivity contribution >= 4 is 17.4 Å². The molecule has 7 heavy (non-hydrogen) atoms. The van der Waals surface area contributed by atoms with E-state index in [1.54, 1.807) is 0 Å². The summed E-state index contributed by atoms with van der Waals surface area (Å²) in [7, 11) is 0. The number of hydrogen-bond donors (Lipinski definition) is 0.